The Kier molecular flexibility index (Phi) is 5.50. The van der Waals surface area contributed by atoms with Crippen LogP contribution in [0, 0.1) is 18.8 Å². The molecule has 1 aromatic carbocycles. The molecule has 19 heavy (non-hydrogen) atoms. The van der Waals surface area contributed by atoms with Crippen molar-refractivity contribution in [3.63, 3.8) is 0 Å². The SMILES string of the molecule is CCC1CCCC(C(=O)CSc2ccccc2C)C1. The van der Waals surface area contributed by atoms with Gasteiger partial charge in [0.1, 0.15) is 5.78 Å². The molecular formula is C17H24OS. The third-order valence-corrected chi connectivity index (χ3v) is 5.48. The van der Waals surface area contributed by atoms with Gasteiger partial charge in [-0.2, -0.15) is 0 Å². The molecule has 1 aromatic rings. The Balaban J connectivity index is 1.86. The standard InChI is InChI=1S/C17H24OS/c1-3-14-8-6-9-15(11-14)16(18)12-19-17-10-5-4-7-13(17)2/h4-5,7,10,14-15H,3,6,8-9,11-12H2,1-2H3. The number of carbonyl (C=O) groups is 1. The lowest BCUT2D eigenvalue weighted by atomic mass is 9.78. The topological polar surface area (TPSA) is 17.1 Å². The average molecular weight is 276 g/mol. The summed E-state index contributed by atoms with van der Waals surface area (Å²) in [4.78, 5) is 13.6. The van der Waals surface area contributed by atoms with Gasteiger partial charge in [-0.25, -0.2) is 0 Å². The summed E-state index contributed by atoms with van der Waals surface area (Å²) < 4.78 is 0. The van der Waals surface area contributed by atoms with Crippen LogP contribution in [0.4, 0.5) is 0 Å². The second-order valence-electron chi connectivity index (χ2n) is 5.66. The molecule has 1 aliphatic carbocycles. The number of ketones is 1. The molecule has 1 nitrogen and oxygen atoms in total. The largest absolute Gasteiger partial charge is 0.298 e. The number of hydrogen-bond donors (Lipinski definition) is 0. The number of thioether (sulfide) groups is 1. The first kappa shape index (κ1) is 14.6. The summed E-state index contributed by atoms with van der Waals surface area (Å²) in [5.41, 5.74) is 1.27. The number of rotatable bonds is 5. The van der Waals surface area contributed by atoms with Gasteiger partial charge in [0.05, 0.1) is 5.75 Å². The Labute approximate surface area is 121 Å². The molecule has 0 N–H and O–H groups in total. The van der Waals surface area contributed by atoms with Crippen LogP contribution < -0.4 is 0 Å². The van der Waals surface area contributed by atoms with Gasteiger partial charge in [0, 0.05) is 10.8 Å². The van der Waals surface area contributed by atoms with Crippen molar-refractivity contribution in [1.29, 1.82) is 0 Å². The van der Waals surface area contributed by atoms with Crippen molar-refractivity contribution in [3.8, 4) is 0 Å². The summed E-state index contributed by atoms with van der Waals surface area (Å²) in [6, 6.07) is 8.32. The van der Waals surface area contributed by atoms with E-state index in [-0.39, 0.29) is 0 Å². The Morgan fingerprint density at radius 2 is 2.11 bits per heavy atom. The van der Waals surface area contributed by atoms with E-state index in [4.69, 9.17) is 0 Å². The zero-order chi connectivity index (χ0) is 13.7. The smallest absolute Gasteiger partial charge is 0.146 e. The fraction of sp³-hybridized carbons (Fsp3) is 0.588. The van der Waals surface area contributed by atoms with Crippen LogP contribution in [0.1, 0.15) is 44.6 Å². The maximum Gasteiger partial charge on any atom is 0.146 e. The normalized spacial score (nSPS) is 23.3. The van der Waals surface area contributed by atoms with E-state index in [0.29, 0.717) is 17.5 Å². The molecule has 0 aliphatic heterocycles. The predicted molar refractivity (Wildman–Crippen MR) is 82.6 cm³/mol. The Morgan fingerprint density at radius 3 is 2.84 bits per heavy atom. The fourth-order valence-corrected chi connectivity index (χ4v) is 3.94. The van der Waals surface area contributed by atoms with Crippen molar-refractivity contribution in [2.24, 2.45) is 11.8 Å². The van der Waals surface area contributed by atoms with Crippen LogP contribution >= 0.6 is 11.8 Å². The molecule has 2 heteroatoms. The number of benzene rings is 1. The molecule has 0 amide bonds. The summed E-state index contributed by atoms with van der Waals surface area (Å²) >= 11 is 1.71. The lowest BCUT2D eigenvalue weighted by Crippen LogP contribution is -2.24. The minimum atomic E-state index is 0.329. The molecule has 2 unspecified atom stereocenters. The first-order valence-corrected chi connectivity index (χ1v) is 8.40. The lowest BCUT2D eigenvalue weighted by Gasteiger charge is -2.27. The number of hydrogen-bond acceptors (Lipinski definition) is 2. The van der Waals surface area contributed by atoms with Crippen LogP contribution in [0.25, 0.3) is 0 Å². The fourth-order valence-electron chi connectivity index (χ4n) is 2.94. The van der Waals surface area contributed by atoms with E-state index in [1.807, 2.05) is 12.1 Å². The van der Waals surface area contributed by atoms with Gasteiger partial charge in [0.2, 0.25) is 0 Å². The van der Waals surface area contributed by atoms with Crippen molar-refractivity contribution in [2.45, 2.75) is 50.8 Å². The number of carbonyl (C=O) groups excluding carboxylic acids is 1. The van der Waals surface area contributed by atoms with Gasteiger partial charge >= 0.3 is 0 Å². The van der Waals surface area contributed by atoms with E-state index in [1.54, 1.807) is 11.8 Å². The quantitative estimate of drug-likeness (QED) is 0.713. The Morgan fingerprint density at radius 1 is 1.32 bits per heavy atom. The number of aryl methyl sites for hydroxylation is 1. The van der Waals surface area contributed by atoms with Crippen LogP contribution in [-0.2, 0) is 4.79 Å². The van der Waals surface area contributed by atoms with Gasteiger partial charge in [-0.05, 0) is 37.3 Å². The van der Waals surface area contributed by atoms with Crippen molar-refractivity contribution in [1.82, 2.24) is 0 Å². The van der Waals surface area contributed by atoms with Gasteiger partial charge in [-0.15, -0.1) is 11.8 Å². The maximum absolute atomic E-state index is 12.3. The van der Waals surface area contributed by atoms with E-state index >= 15 is 0 Å². The van der Waals surface area contributed by atoms with Crippen LogP contribution in [0.15, 0.2) is 29.2 Å². The van der Waals surface area contributed by atoms with E-state index in [9.17, 15) is 4.79 Å². The Hall–Kier alpha value is -0.760. The summed E-state index contributed by atoms with van der Waals surface area (Å²) in [6.45, 7) is 4.36. The minimum Gasteiger partial charge on any atom is -0.298 e. The summed E-state index contributed by atoms with van der Waals surface area (Å²) in [7, 11) is 0. The lowest BCUT2D eigenvalue weighted by molar-refractivity contribution is -0.121. The molecule has 2 rings (SSSR count). The van der Waals surface area contributed by atoms with Crippen LogP contribution in [0.5, 0.6) is 0 Å². The zero-order valence-corrected chi connectivity index (χ0v) is 12.8. The van der Waals surface area contributed by atoms with Crippen molar-refractivity contribution < 1.29 is 4.79 Å². The van der Waals surface area contributed by atoms with Gasteiger partial charge in [-0.3, -0.25) is 4.79 Å². The molecule has 0 bridgehead atoms. The molecule has 1 aliphatic rings. The average Bonchev–Trinajstić information content (AvgIpc) is 2.46. The molecule has 2 atom stereocenters. The summed E-state index contributed by atoms with van der Waals surface area (Å²) in [5.74, 6) is 2.22. The van der Waals surface area contributed by atoms with E-state index in [2.05, 4.69) is 26.0 Å². The summed E-state index contributed by atoms with van der Waals surface area (Å²) in [5, 5.41) is 0. The zero-order valence-electron chi connectivity index (χ0n) is 12.0. The van der Waals surface area contributed by atoms with E-state index in [0.717, 1.165) is 18.8 Å². The highest BCUT2D eigenvalue weighted by molar-refractivity contribution is 8.00. The molecule has 0 radical (unpaired) electrons. The molecule has 0 aromatic heterocycles. The molecule has 1 saturated carbocycles. The molecule has 0 heterocycles. The van der Waals surface area contributed by atoms with Crippen LogP contribution in [0.2, 0.25) is 0 Å². The molecule has 104 valence electrons. The molecule has 0 spiro atoms. The molecular weight excluding hydrogens is 252 g/mol. The second-order valence-corrected chi connectivity index (χ2v) is 6.68. The third-order valence-electron chi connectivity index (χ3n) is 4.28. The van der Waals surface area contributed by atoms with Crippen molar-refractivity contribution in [3.05, 3.63) is 29.8 Å². The summed E-state index contributed by atoms with van der Waals surface area (Å²) in [6.07, 6.45) is 6.04. The highest BCUT2D eigenvalue weighted by atomic mass is 32.2. The van der Waals surface area contributed by atoms with Crippen LogP contribution in [-0.4, -0.2) is 11.5 Å². The highest BCUT2D eigenvalue weighted by Crippen LogP contribution is 2.33. The van der Waals surface area contributed by atoms with Crippen molar-refractivity contribution in [2.75, 3.05) is 5.75 Å². The predicted octanol–water partition coefficient (Wildman–Crippen LogP) is 4.87. The second kappa shape index (κ2) is 7.14. The van der Waals surface area contributed by atoms with Gasteiger partial charge in [0.25, 0.3) is 0 Å². The first-order valence-electron chi connectivity index (χ1n) is 7.41. The third kappa shape index (κ3) is 4.10. The van der Waals surface area contributed by atoms with E-state index in [1.165, 1.54) is 29.7 Å². The van der Waals surface area contributed by atoms with Gasteiger partial charge in [0.15, 0.2) is 0 Å². The Bertz CT molecular complexity index is 427. The highest BCUT2D eigenvalue weighted by Gasteiger charge is 2.26. The first-order chi connectivity index (χ1) is 9.20. The van der Waals surface area contributed by atoms with Gasteiger partial charge < -0.3 is 0 Å². The van der Waals surface area contributed by atoms with E-state index < -0.39 is 0 Å². The monoisotopic (exact) mass is 276 g/mol. The molecule has 1 fully saturated rings. The van der Waals surface area contributed by atoms with Gasteiger partial charge in [-0.1, -0.05) is 44.4 Å². The van der Waals surface area contributed by atoms with Crippen molar-refractivity contribution >= 4 is 17.5 Å². The number of Topliss-reactive ketones (excluding diaryl/α,β-unsaturated/α-hetero) is 1. The molecule has 0 saturated heterocycles. The maximum atomic E-state index is 12.3. The minimum absolute atomic E-state index is 0.329. The van der Waals surface area contributed by atoms with Crippen LogP contribution in [0.3, 0.4) is 0 Å².